The molecule has 0 unspecified atom stereocenters. The molecule has 25 heavy (non-hydrogen) atoms. The number of pyridine rings is 1. The van der Waals surface area contributed by atoms with Crippen molar-refractivity contribution in [3.8, 4) is 0 Å². The Bertz CT molecular complexity index is 892. The van der Waals surface area contributed by atoms with Gasteiger partial charge in [0.05, 0.1) is 17.4 Å². The Morgan fingerprint density at radius 1 is 0.920 bits per heavy atom. The molecule has 1 aliphatic rings. The topological polar surface area (TPSA) is 45.2 Å². The molecule has 4 nitrogen and oxygen atoms in total. The highest BCUT2D eigenvalue weighted by molar-refractivity contribution is 5.95. The zero-order valence-corrected chi connectivity index (χ0v) is 13.9. The number of hydrogen-bond acceptors (Lipinski definition) is 3. The average Bonchev–Trinajstić information content (AvgIpc) is 2.68. The summed E-state index contributed by atoms with van der Waals surface area (Å²) >= 11 is 0. The number of benzene rings is 2. The minimum absolute atomic E-state index is 0.0266. The molecule has 4 rings (SSSR count). The van der Waals surface area contributed by atoms with Gasteiger partial charge in [0.2, 0.25) is 0 Å². The van der Waals surface area contributed by atoms with E-state index in [1.54, 1.807) is 12.4 Å². The lowest BCUT2D eigenvalue weighted by molar-refractivity contribution is 0.0734. The maximum atomic E-state index is 12.9. The Morgan fingerprint density at radius 3 is 2.52 bits per heavy atom. The molecular formula is C21H19N3O. The first-order valence-electron chi connectivity index (χ1n) is 8.43. The third kappa shape index (κ3) is 3.38. The third-order valence-corrected chi connectivity index (χ3v) is 4.47. The molecule has 1 aromatic heterocycles. The number of carbonyl (C=O) groups is 1. The zero-order valence-electron chi connectivity index (χ0n) is 13.9. The van der Waals surface area contributed by atoms with Crippen LogP contribution in [0.25, 0.3) is 0 Å². The van der Waals surface area contributed by atoms with E-state index in [1.807, 2.05) is 47.4 Å². The Kier molecular flexibility index (Phi) is 4.17. The summed E-state index contributed by atoms with van der Waals surface area (Å²) in [6, 6.07) is 20.1. The molecule has 0 spiro atoms. The van der Waals surface area contributed by atoms with Crippen molar-refractivity contribution < 1.29 is 4.79 Å². The Morgan fingerprint density at radius 2 is 1.68 bits per heavy atom. The van der Waals surface area contributed by atoms with Crippen molar-refractivity contribution in [2.75, 3.05) is 11.9 Å². The van der Waals surface area contributed by atoms with Gasteiger partial charge in [-0.15, -0.1) is 0 Å². The Balaban J connectivity index is 1.52. The molecule has 2 heterocycles. The smallest absolute Gasteiger partial charge is 0.255 e. The van der Waals surface area contributed by atoms with Gasteiger partial charge >= 0.3 is 0 Å². The van der Waals surface area contributed by atoms with E-state index < -0.39 is 0 Å². The average molecular weight is 329 g/mol. The molecule has 1 amide bonds. The van der Waals surface area contributed by atoms with E-state index in [4.69, 9.17) is 0 Å². The van der Waals surface area contributed by atoms with Gasteiger partial charge in [-0.05, 0) is 35.7 Å². The standard InChI is InChI=1S/C21H19N3O/c25-21(24-11-10-16-6-4-5-7-17(16)15-24)18-12-20(14-22-13-18)23-19-8-2-1-3-9-19/h1-9,12-14,23H,10-11,15H2. The van der Waals surface area contributed by atoms with Crippen molar-refractivity contribution in [2.45, 2.75) is 13.0 Å². The summed E-state index contributed by atoms with van der Waals surface area (Å²) in [6.45, 7) is 1.40. The summed E-state index contributed by atoms with van der Waals surface area (Å²) in [5.74, 6) is 0.0266. The van der Waals surface area contributed by atoms with Crippen LogP contribution in [0, 0.1) is 0 Å². The van der Waals surface area contributed by atoms with Crippen LogP contribution in [0.15, 0.2) is 73.1 Å². The monoisotopic (exact) mass is 329 g/mol. The van der Waals surface area contributed by atoms with E-state index in [1.165, 1.54) is 11.1 Å². The molecule has 3 aromatic rings. The quantitative estimate of drug-likeness (QED) is 0.789. The number of fused-ring (bicyclic) bond motifs is 1. The number of rotatable bonds is 3. The Labute approximate surface area is 147 Å². The first-order chi connectivity index (χ1) is 12.3. The first kappa shape index (κ1) is 15.4. The van der Waals surface area contributed by atoms with Gasteiger partial charge in [0.1, 0.15) is 0 Å². The van der Waals surface area contributed by atoms with Crippen LogP contribution in [0.5, 0.6) is 0 Å². The van der Waals surface area contributed by atoms with E-state index in [9.17, 15) is 4.79 Å². The van der Waals surface area contributed by atoms with Gasteiger partial charge in [0, 0.05) is 25.0 Å². The molecule has 0 bridgehead atoms. The molecule has 4 heteroatoms. The lowest BCUT2D eigenvalue weighted by atomic mass is 9.99. The number of para-hydroxylation sites is 1. The van der Waals surface area contributed by atoms with Crippen LogP contribution in [0.3, 0.4) is 0 Å². The fourth-order valence-electron chi connectivity index (χ4n) is 3.17. The summed E-state index contributed by atoms with van der Waals surface area (Å²) in [7, 11) is 0. The molecule has 124 valence electrons. The zero-order chi connectivity index (χ0) is 17.1. The molecule has 1 N–H and O–H groups in total. The second-order valence-corrected chi connectivity index (χ2v) is 6.20. The summed E-state index contributed by atoms with van der Waals surface area (Å²) in [5, 5.41) is 3.28. The second-order valence-electron chi connectivity index (χ2n) is 6.20. The highest BCUT2D eigenvalue weighted by Gasteiger charge is 2.21. The van der Waals surface area contributed by atoms with Crippen molar-refractivity contribution in [3.63, 3.8) is 0 Å². The maximum absolute atomic E-state index is 12.9. The molecule has 0 radical (unpaired) electrons. The lowest BCUT2D eigenvalue weighted by Crippen LogP contribution is -2.36. The van der Waals surface area contributed by atoms with Crippen molar-refractivity contribution >= 4 is 17.3 Å². The highest BCUT2D eigenvalue weighted by atomic mass is 16.2. The molecule has 0 fully saturated rings. The van der Waals surface area contributed by atoms with Crippen LogP contribution in [0.4, 0.5) is 11.4 Å². The summed E-state index contributed by atoms with van der Waals surface area (Å²) in [4.78, 5) is 19.0. The molecule has 1 aliphatic heterocycles. The van der Waals surface area contributed by atoms with Crippen LogP contribution >= 0.6 is 0 Å². The van der Waals surface area contributed by atoms with Crippen LogP contribution in [-0.4, -0.2) is 22.3 Å². The van der Waals surface area contributed by atoms with E-state index in [0.29, 0.717) is 12.1 Å². The maximum Gasteiger partial charge on any atom is 0.255 e. The van der Waals surface area contributed by atoms with E-state index in [0.717, 1.165) is 24.3 Å². The number of carbonyl (C=O) groups excluding carboxylic acids is 1. The predicted molar refractivity (Wildman–Crippen MR) is 98.8 cm³/mol. The molecule has 0 aliphatic carbocycles. The number of nitrogens with zero attached hydrogens (tertiary/aromatic N) is 2. The van der Waals surface area contributed by atoms with Crippen molar-refractivity contribution in [1.29, 1.82) is 0 Å². The molecule has 0 saturated carbocycles. The van der Waals surface area contributed by atoms with Gasteiger partial charge in [-0.1, -0.05) is 42.5 Å². The summed E-state index contributed by atoms with van der Waals surface area (Å²) in [5.41, 5.74) is 4.97. The number of amides is 1. The highest BCUT2D eigenvalue weighted by Crippen LogP contribution is 2.22. The van der Waals surface area contributed by atoms with Crippen molar-refractivity contribution in [3.05, 3.63) is 89.7 Å². The number of aromatic nitrogens is 1. The Hall–Kier alpha value is -3.14. The molecule has 0 atom stereocenters. The second kappa shape index (κ2) is 6.77. The number of nitrogens with one attached hydrogen (secondary N) is 1. The first-order valence-corrected chi connectivity index (χ1v) is 8.43. The minimum Gasteiger partial charge on any atom is -0.354 e. The van der Waals surface area contributed by atoms with E-state index in [-0.39, 0.29) is 5.91 Å². The van der Waals surface area contributed by atoms with Gasteiger partial charge in [-0.25, -0.2) is 0 Å². The van der Waals surface area contributed by atoms with E-state index >= 15 is 0 Å². The van der Waals surface area contributed by atoms with Crippen molar-refractivity contribution in [1.82, 2.24) is 9.88 Å². The lowest BCUT2D eigenvalue weighted by Gasteiger charge is -2.29. The predicted octanol–water partition coefficient (Wildman–Crippen LogP) is 4.02. The normalized spacial score (nSPS) is 13.2. The van der Waals surface area contributed by atoms with Gasteiger partial charge < -0.3 is 10.2 Å². The fourth-order valence-corrected chi connectivity index (χ4v) is 3.17. The summed E-state index contributed by atoms with van der Waals surface area (Å²) in [6.07, 6.45) is 4.27. The summed E-state index contributed by atoms with van der Waals surface area (Å²) < 4.78 is 0. The molecule has 0 saturated heterocycles. The van der Waals surface area contributed by atoms with Gasteiger partial charge in [-0.2, -0.15) is 0 Å². The molecule has 2 aromatic carbocycles. The van der Waals surface area contributed by atoms with Crippen LogP contribution in [0.2, 0.25) is 0 Å². The number of anilines is 2. The van der Waals surface area contributed by atoms with Crippen LogP contribution in [0.1, 0.15) is 21.5 Å². The van der Waals surface area contributed by atoms with E-state index in [2.05, 4.69) is 28.5 Å². The largest absolute Gasteiger partial charge is 0.354 e. The molecular weight excluding hydrogens is 310 g/mol. The fraction of sp³-hybridized carbons (Fsp3) is 0.143. The minimum atomic E-state index is 0.0266. The van der Waals surface area contributed by atoms with Crippen LogP contribution in [-0.2, 0) is 13.0 Å². The van der Waals surface area contributed by atoms with Gasteiger partial charge in [0.15, 0.2) is 0 Å². The number of hydrogen-bond donors (Lipinski definition) is 1. The third-order valence-electron chi connectivity index (χ3n) is 4.47. The van der Waals surface area contributed by atoms with Gasteiger partial charge in [0.25, 0.3) is 5.91 Å². The van der Waals surface area contributed by atoms with Gasteiger partial charge in [-0.3, -0.25) is 9.78 Å². The SMILES string of the molecule is O=C(c1cncc(Nc2ccccc2)c1)N1CCc2ccccc2C1. The van der Waals surface area contributed by atoms with Crippen molar-refractivity contribution in [2.24, 2.45) is 0 Å². The van der Waals surface area contributed by atoms with Crippen LogP contribution < -0.4 is 5.32 Å².